The van der Waals surface area contributed by atoms with Gasteiger partial charge < -0.3 is 10.2 Å². The van der Waals surface area contributed by atoms with Crippen LogP contribution in [0, 0.1) is 12.3 Å². The van der Waals surface area contributed by atoms with Crippen LogP contribution in [0.2, 0.25) is 0 Å². The summed E-state index contributed by atoms with van der Waals surface area (Å²) in [4.78, 5) is 2.61. The number of fused-ring (bicyclic) bond motifs is 2. The average Bonchev–Trinajstić information content (AvgIpc) is 3.15. The number of aryl methyl sites for hydroxylation is 1. The lowest BCUT2D eigenvalue weighted by molar-refractivity contribution is 0.520. The fraction of sp³-hybridized carbons (Fsp3) is 0.216. The first-order valence-corrected chi connectivity index (χ1v) is 19.5. The summed E-state index contributed by atoms with van der Waals surface area (Å²) >= 11 is 0. The van der Waals surface area contributed by atoms with Gasteiger partial charge in [0.2, 0.25) is 6.71 Å². The van der Waals surface area contributed by atoms with Crippen LogP contribution in [0.25, 0.3) is 22.8 Å². The van der Waals surface area contributed by atoms with E-state index in [9.17, 15) is 0 Å². The van der Waals surface area contributed by atoms with Crippen molar-refractivity contribution in [3.63, 3.8) is 0 Å². The van der Waals surface area contributed by atoms with Gasteiger partial charge in [-0.2, -0.15) is 0 Å². The van der Waals surface area contributed by atoms with Gasteiger partial charge in [0.15, 0.2) is 0 Å². The molecule has 0 atom stereocenters. The first kappa shape index (κ1) is 35.5. The van der Waals surface area contributed by atoms with Crippen molar-refractivity contribution in [2.45, 2.75) is 66.7 Å². The van der Waals surface area contributed by atoms with E-state index in [2.05, 4.69) is 211 Å². The van der Waals surface area contributed by atoms with Gasteiger partial charge in [-0.15, -0.1) is 0 Å². The van der Waals surface area contributed by atoms with Crippen molar-refractivity contribution in [2.24, 2.45) is 5.41 Å². The Hall–Kier alpha value is -5.54. The van der Waals surface area contributed by atoms with E-state index in [0.29, 0.717) is 0 Å². The summed E-state index contributed by atoms with van der Waals surface area (Å²) < 4.78 is 0. The number of benzene rings is 5. The molecule has 2 nitrogen and oxygen atoms in total. The average molecular weight is 703 g/mol. The SMILES string of the molecule is Cc1cc2c3c(c1)N(C1=CCCC=C1c1ccccc1)c1cc(C(C)(C)C)ccc1B3C(=C\Nc1ccccc1-c1ccccc1)/C=C\C(C(C)(C)C)=C2. The van der Waals surface area contributed by atoms with Gasteiger partial charge in [0.05, 0.1) is 0 Å². The first-order chi connectivity index (χ1) is 26.0. The third-order valence-electron chi connectivity index (χ3n) is 11.1. The molecule has 1 aliphatic carbocycles. The van der Waals surface area contributed by atoms with Gasteiger partial charge in [-0.1, -0.05) is 174 Å². The van der Waals surface area contributed by atoms with Crippen molar-refractivity contribution < 1.29 is 0 Å². The van der Waals surface area contributed by atoms with Gasteiger partial charge in [-0.3, -0.25) is 0 Å². The fourth-order valence-electron chi connectivity index (χ4n) is 8.26. The first-order valence-electron chi connectivity index (χ1n) is 19.5. The standard InChI is InChI=1S/C51H51BN2/c1-35-30-38-32-39(50(2,3)4)26-28-41(34-53-45-24-16-14-22-42(45)36-18-10-8-11-19-36)52-44-29-27-40(51(5,6)7)33-47(44)54(48(31-35)49(38)52)46-25-17-15-23-43(46)37-20-12-9-13-21-37/h8-14,16,18-34,53H,15,17H2,1-7H3/b28-26-,39-32?,41-34-. The van der Waals surface area contributed by atoms with E-state index >= 15 is 0 Å². The molecular formula is C51H51BN2. The van der Waals surface area contributed by atoms with Crippen LogP contribution in [0.5, 0.6) is 0 Å². The highest BCUT2D eigenvalue weighted by Crippen LogP contribution is 2.44. The zero-order chi connectivity index (χ0) is 37.6. The zero-order valence-corrected chi connectivity index (χ0v) is 32.9. The lowest BCUT2D eigenvalue weighted by Gasteiger charge is -2.42. The predicted octanol–water partition coefficient (Wildman–Crippen LogP) is 12.3. The Labute approximate surface area is 323 Å². The number of allylic oxidation sites excluding steroid dienone is 7. The van der Waals surface area contributed by atoms with E-state index in [-0.39, 0.29) is 17.5 Å². The van der Waals surface area contributed by atoms with Gasteiger partial charge in [-0.25, -0.2) is 0 Å². The van der Waals surface area contributed by atoms with Gasteiger partial charge in [0.25, 0.3) is 0 Å². The van der Waals surface area contributed by atoms with Crippen LogP contribution >= 0.6 is 0 Å². The van der Waals surface area contributed by atoms with E-state index in [4.69, 9.17) is 0 Å². The third-order valence-corrected chi connectivity index (χ3v) is 11.1. The minimum atomic E-state index is -0.0403. The highest BCUT2D eigenvalue weighted by molar-refractivity contribution is 6.94. The van der Waals surface area contributed by atoms with Crippen molar-refractivity contribution in [1.29, 1.82) is 0 Å². The summed E-state index contributed by atoms with van der Waals surface area (Å²) in [7, 11) is 0. The molecule has 0 radical (unpaired) electrons. The Balaban J connectivity index is 1.39. The van der Waals surface area contributed by atoms with E-state index in [1.54, 1.807) is 0 Å². The van der Waals surface area contributed by atoms with Crippen LogP contribution in [0.4, 0.5) is 17.1 Å². The maximum Gasteiger partial charge on any atom is 0.249 e. The van der Waals surface area contributed by atoms with Crippen LogP contribution in [0.1, 0.15) is 76.6 Å². The molecule has 2 heterocycles. The summed E-state index contributed by atoms with van der Waals surface area (Å²) in [5.74, 6) is 0. The van der Waals surface area contributed by atoms with Crippen molar-refractivity contribution in [1.82, 2.24) is 0 Å². The van der Waals surface area contributed by atoms with E-state index in [0.717, 1.165) is 18.5 Å². The van der Waals surface area contributed by atoms with Crippen LogP contribution in [-0.4, -0.2) is 6.71 Å². The molecule has 268 valence electrons. The summed E-state index contributed by atoms with van der Waals surface area (Å²) in [6.07, 6.45) is 16.4. The maximum atomic E-state index is 3.84. The summed E-state index contributed by atoms with van der Waals surface area (Å²) in [6.45, 7) is 16.2. The van der Waals surface area contributed by atoms with Crippen LogP contribution in [0.3, 0.4) is 0 Å². The second-order valence-corrected chi connectivity index (χ2v) is 17.1. The molecule has 0 amide bonds. The Kier molecular flexibility index (Phi) is 9.22. The maximum absolute atomic E-state index is 3.84. The molecule has 0 unspecified atom stereocenters. The molecule has 0 saturated carbocycles. The fourth-order valence-corrected chi connectivity index (χ4v) is 8.26. The molecule has 0 fully saturated rings. The predicted molar refractivity (Wildman–Crippen MR) is 235 cm³/mol. The molecule has 5 aromatic carbocycles. The molecule has 2 aliphatic heterocycles. The van der Waals surface area contributed by atoms with E-state index in [1.165, 1.54) is 78.0 Å². The normalized spacial score (nSPS) is 16.7. The minimum absolute atomic E-state index is 0.00891. The highest BCUT2D eigenvalue weighted by Gasteiger charge is 2.40. The molecule has 1 N–H and O–H groups in total. The van der Waals surface area contributed by atoms with E-state index in [1.807, 2.05) is 0 Å². The topological polar surface area (TPSA) is 15.3 Å². The van der Waals surface area contributed by atoms with Crippen LogP contribution in [-0.2, 0) is 5.41 Å². The highest BCUT2D eigenvalue weighted by atomic mass is 15.2. The van der Waals surface area contributed by atoms with E-state index < -0.39 is 0 Å². The van der Waals surface area contributed by atoms with Crippen LogP contribution in [0.15, 0.2) is 163 Å². The van der Waals surface area contributed by atoms with Crippen molar-refractivity contribution in [3.8, 4) is 11.1 Å². The van der Waals surface area contributed by atoms with Crippen molar-refractivity contribution >= 4 is 46.3 Å². The Morgan fingerprint density at radius 2 is 1.35 bits per heavy atom. The third kappa shape index (κ3) is 6.73. The molecule has 0 spiro atoms. The molecule has 3 aliphatic rings. The number of para-hydroxylation sites is 1. The largest absolute Gasteiger partial charge is 0.362 e. The molecule has 5 aromatic rings. The minimum Gasteiger partial charge on any atom is -0.362 e. The number of rotatable bonds is 5. The quantitative estimate of drug-likeness (QED) is 0.183. The number of anilines is 3. The van der Waals surface area contributed by atoms with Gasteiger partial charge in [-0.05, 0) is 99.3 Å². The lowest BCUT2D eigenvalue weighted by atomic mass is 9.33. The number of hydrogen-bond donors (Lipinski definition) is 1. The molecule has 0 aromatic heterocycles. The summed E-state index contributed by atoms with van der Waals surface area (Å²) in [6, 6.07) is 42.4. The molecule has 8 rings (SSSR count). The number of hydrogen-bond acceptors (Lipinski definition) is 2. The monoisotopic (exact) mass is 702 g/mol. The van der Waals surface area contributed by atoms with Crippen LogP contribution < -0.4 is 21.1 Å². The molecular weight excluding hydrogens is 651 g/mol. The second kappa shape index (κ2) is 14.0. The Bertz CT molecular complexity index is 2380. The van der Waals surface area contributed by atoms with Crippen molar-refractivity contribution in [2.75, 3.05) is 10.2 Å². The molecule has 0 saturated heterocycles. The van der Waals surface area contributed by atoms with Crippen molar-refractivity contribution in [3.05, 3.63) is 185 Å². The smallest absolute Gasteiger partial charge is 0.249 e. The second-order valence-electron chi connectivity index (χ2n) is 17.1. The summed E-state index contributed by atoms with van der Waals surface area (Å²) in [5, 5.41) is 3.84. The lowest BCUT2D eigenvalue weighted by Crippen LogP contribution is -2.53. The van der Waals surface area contributed by atoms with Gasteiger partial charge >= 0.3 is 0 Å². The van der Waals surface area contributed by atoms with Gasteiger partial charge in [0, 0.05) is 33.9 Å². The molecule has 0 bridgehead atoms. The molecule has 3 heteroatoms. The van der Waals surface area contributed by atoms with Gasteiger partial charge in [0.1, 0.15) is 0 Å². The molecule has 54 heavy (non-hydrogen) atoms. The summed E-state index contributed by atoms with van der Waals surface area (Å²) in [5.41, 5.74) is 18.9. The number of nitrogens with one attached hydrogen (secondary N) is 1. The Morgan fingerprint density at radius 1 is 0.667 bits per heavy atom. The number of nitrogens with zero attached hydrogens (tertiary/aromatic N) is 1. The zero-order valence-electron chi connectivity index (χ0n) is 32.9. The Morgan fingerprint density at radius 3 is 2.07 bits per heavy atom.